The van der Waals surface area contributed by atoms with Crippen molar-refractivity contribution >= 4 is 50.8 Å². The molecule has 1 saturated carbocycles. The summed E-state index contributed by atoms with van der Waals surface area (Å²) < 4.78 is 6.39. The smallest absolute Gasteiger partial charge is 0.411 e. The number of aliphatic hydroxyl groups is 1. The number of fused-ring (bicyclic) bond motifs is 2. The molecule has 4 atom stereocenters. The first-order valence-electron chi connectivity index (χ1n) is 19.8. The molecule has 7 rings (SSSR count). The van der Waals surface area contributed by atoms with Crippen molar-refractivity contribution in [3.05, 3.63) is 112 Å². The molecule has 1 aliphatic heterocycles. The zero-order valence-corrected chi connectivity index (χ0v) is 33.3. The van der Waals surface area contributed by atoms with E-state index in [1.165, 1.54) is 6.07 Å². The summed E-state index contributed by atoms with van der Waals surface area (Å²) in [5, 5.41) is 29.9. The molecule has 0 bridgehead atoms. The Balaban J connectivity index is 0.765. The summed E-state index contributed by atoms with van der Waals surface area (Å²) in [4.78, 5) is 56.7. The van der Waals surface area contributed by atoms with Gasteiger partial charge >= 0.3 is 11.0 Å². The zero-order valence-electron chi connectivity index (χ0n) is 32.5. The van der Waals surface area contributed by atoms with Crippen LogP contribution in [0.1, 0.15) is 49.3 Å². The summed E-state index contributed by atoms with van der Waals surface area (Å²) in [7, 11) is 1.78. The van der Waals surface area contributed by atoms with E-state index in [-0.39, 0.29) is 41.5 Å². The van der Waals surface area contributed by atoms with Crippen LogP contribution in [0.5, 0.6) is 5.75 Å². The number of ether oxygens (including phenoxy) is 1. The highest BCUT2D eigenvalue weighted by Gasteiger charge is 2.42. The third-order valence-corrected chi connectivity index (χ3v) is 12.0. The van der Waals surface area contributed by atoms with Gasteiger partial charge in [0.15, 0.2) is 0 Å². The molecule has 2 aliphatic rings. The van der Waals surface area contributed by atoms with Crippen LogP contribution >= 0.6 is 11.3 Å². The molecule has 5 aromatic rings. The molecule has 0 unspecified atom stereocenters. The van der Waals surface area contributed by atoms with E-state index in [1.807, 2.05) is 78.9 Å². The van der Waals surface area contributed by atoms with E-state index >= 15 is 0 Å². The van der Waals surface area contributed by atoms with Crippen molar-refractivity contribution in [3.8, 4) is 16.9 Å². The van der Waals surface area contributed by atoms with Crippen molar-refractivity contribution in [2.24, 2.45) is 11.8 Å². The molecule has 304 valence electrons. The highest BCUT2D eigenvalue weighted by atomic mass is 32.1. The second-order valence-electron chi connectivity index (χ2n) is 15.3. The number of aliphatic hydroxyl groups excluding tert-OH is 1. The standard InChI is InChI=1S/C44H50N6O7S/c1-49(19-8-15-39(53)46-32-12-7-9-28(21-32)24-45-25-38(52)35-16-17-37(51)41-42(35)58-44(56)48-41)40(54)18-20-50-26-30-22-33(23-31(30)27-50)57-43(55)47-36-14-6-5-13-34(36)29-10-3-2-4-11-29/h2-7,9-14,16-17,21,30-31,33,38,45,51-52H,8,15,18-20,22-27H2,1H3,(H,46,53)(H,47,55)(H,48,56)/t30-,31+,33+,38-/m0/s1. The molecule has 58 heavy (non-hydrogen) atoms. The third-order valence-electron chi connectivity index (χ3n) is 11.1. The predicted molar refractivity (Wildman–Crippen MR) is 226 cm³/mol. The lowest BCUT2D eigenvalue weighted by Gasteiger charge is -2.21. The number of hydrogen-bond acceptors (Lipinski definition) is 10. The Morgan fingerprint density at radius 3 is 2.50 bits per heavy atom. The van der Waals surface area contributed by atoms with E-state index in [0.717, 1.165) is 59.6 Å². The number of thiazole rings is 1. The Kier molecular flexibility index (Phi) is 13.2. The molecule has 2 heterocycles. The molecular weight excluding hydrogens is 757 g/mol. The minimum absolute atomic E-state index is 0.0400. The Labute approximate surface area is 341 Å². The van der Waals surface area contributed by atoms with Crippen LogP contribution in [0.15, 0.2) is 95.8 Å². The number of aromatic hydroxyl groups is 1. The van der Waals surface area contributed by atoms with Crippen LogP contribution in [0.25, 0.3) is 21.3 Å². The summed E-state index contributed by atoms with van der Waals surface area (Å²) in [6, 6.07) is 28.2. The molecule has 13 nitrogen and oxygen atoms in total. The number of H-pyrrole nitrogens is 1. The summed E-state index contributed by atoms with van der Waals surface area (Å²) >= 11 is 0.945. The second kappa shape index (κ2) is 18.8. The number of likely N-dealkylation sites (tertiary alicyclic amines) is 1. The lowest BCUT2D eigenvalue weighted by atomic mass is 10.0. The maximum Gasteiger partial charge on any atom is 0.411 e. The number of hydrogen-bond donors (Lipinski definition) is 6. The predicted octanol–water partition coefficient (Wildman–Crippen LogP) is 6.31. The van der Waals surface area contributed by atoms with Gasteiger partial charge in [0, 0.05) is 76.0 Å². The highest BCUT2D eigenvalue weighted by Crippen LogP contribution is 2.40. The number of rotatable bonds is 16. The first-order chi connectivity index (χ1) is 28.1. The van der Waals surface area contributed by atoms with E-state index in [0.29, 0.717) is 65.8 Å². The molecule has 14 heteroatoms. The summed E-state index contributed by atoms with van der Waals surface area (Å²) in [6.07, 6.45) is 1.42. The SMILES string of the molecule is CN(CCCC(=O)Nc1cccc(CNC[C@H](O)c2ccc(O)c3[nH]c(=O)sc23)c1)C(=O)CCN1C[C@H]2C[C@H](OC(=O)Nc3ccccc3-c3ccccc3)C[C@H]2C1. The topological polar surface area (TPSA) is 176 Å². The fourth-order valence-electron chi connectivity index (χ4n) is 8.17. The van der Waals surface area contributed by atoms with Gasteiger partial charge in [-0.2, -0.15) is 0 Å². The fraction of sp³-hybridized carbons (Fsp3) is 0.364. The monoisotopic (exact) mass is 806 g/mol. The molecule has 4 aromatic carbocycles. The summed E-state index contributed by atoms with van der Waals surface area (Å²) in [5.74, 6) is 0.753. The Hall–Kier alpha value is -5.54. The maximum atomic E-state index is 13.0. The number of aromatic amines is 1. The van der Waals surface area contributed by atoms with Gasteiger partial charge in [0.1, 0.15) is 17.4 Å². The molecule has 1 saturated heterocycles. The average Bonchev–Trinajstić information content (AvgIpc) is 3.90. The number of phenols is 1. The molecule has 3 amide bonds. The molecule has 0 radical (unpaired) electrons. The molecular formula is C44H50N6O7S. The van der Waals surface area contributed by atoms with Gasteiger partial charge in [-0.15, -0.1) is 0 Å². The largest absolute Gasteiger partial charge is 0.506 e. The number of amides is 3. The number of para-hydroxylation sites is 1. The third kappa shape index (κ3) is 10.3. The van der Waals surface area contributed by atoms with E-state index in [1.54, 1.807) is 18.0 Å². The van der Waals surface area contributed by atoms with Gasteiger partial charge < -0.3 is 40.4 Å². The normalized spacial score (nSPS) is 18.1. The van der Waals surface area contributed by atoms with Crippen LogP contribution in [-0.4, -0.2) is 88.8 Å². The lowest BCUT2D eigenvalue weighted by molar-refractivity contribution is -0.130. The first-order valence-corrected chi connectivity index (χ1v) is 20.6. The van der Waals surface area contributed by atoms with Crippen molar-refractivity contribution in [2.45, 2.75) is 50.9 Å². The zero-order chi connectivity index (χ0) is 40.6. The van der Waals surface area contributed by atoms with Crippen molar-refractivity contribution in [3.63, 3.8) is 0 Å². The van der Waals surface area contributed by atoms with Crippen LogP contribution in [0.4, 0.5) is 16.2 Å². The molecule has 2 fully saturated rings. The number of phenolic OH excluding ortho intramolecular Hbond substituents is 1. The van der Waals surface area contributed by atoms with Crippen molar-refractivity contribution in [1.29, 1.82) is 0 Å². The van der Waals surface area contributed by atoms with E-state index < -0.39 is 12.2 Å². The van der Waals surface area contributed by atoms with Crippen LogP contribution < -0.4 is 20.8 Å². The number of carbonyl (C=O) groups excluding carboxylic acids is 3. The fourth-order valence-corrected chi connectivity index (χ4v) is 9.08. The number of benzene rings is 4. The van der Waals surface area contributed by atoms with E-state index in [2.05, 4.69) is 25.8 Å². The van der Waals surface area contributed by atoms with Crippen molar-refractivity contribution in [1.82, 2.24) is 20.1 Å². The molecule has 1 aromatic heterocycles. The van der Waals surface area contributed by atoms with Crippen molar-refractivity contribution in [2.75, 3.05) is 50.4 Å². The quantitative estimate of drug-likeness (QED) is 0.0668. The molecule has 0 spiro atoms. The van der Waals surface area contributed by atoms with Gasteiger partial charge in [0.25, 0.3) is 0 Å². The number of carbonyl (C=O) groups is 3. The highest BCUT2D eigenvalue weighted by molar-refractivity contribution is 7.16. The van der Waals surface area contributed by atoms with Crippen molar-refractivity contribution < 1.29 is 29.3 Å². The first kappa shape index (κ1) is 40.6. The van der Waals surface area contributed by atoms with Gasteiger partial charge in [-0.1, -0.05) is 78.1 Å². The van der Waals surface area contributed by atoms with Gasteiger partial charge in [-0.05, 0) is 66.5 Å². The van der Waals surface area contributed by atoms with Gasteiger partial charge in [-0.3, -0.25) is 19.7 Å². The second-order valence-corrected chi connectivity index (χ2v) is 16.3. The van der Waals surface area contributed by atoms with E-state index in [4.69, 9.17) is 4.74 Å². The number of nitrogens with zero attached hydrogens (tertiary/aromatic N) is 2. The van der Waals surface area contributed by atoms with Gasteiger partial charge in [-0.25, -0.2) is 4.79 Å². The van der Waals surface area contributed by atoms with Crippen LogP contribution in [0, 0.1) is 11.8 Å². The number of anilines is 2. The average molecular weight is 807 g/mol. The van der Waals surface area contributed by atoms with Crippen LogP contribution in [0.2, 0.25) is 0 Å². The van der Waals surface area contributed by atoms with Crippen LogP contribution in [-0.2, 0) is 20.9 Å². The molecule has 6 N–H and O–H groups in total. The summed E-state index contributed by atoms with van der Waals surface area (Å²) in [5.41, 5.74) is 5.14. The lowest BCUT2D eigenvalue weighted by Crippen LogP contribution is -2.33. The Bertz CT molecular complexity index is 2270. The summed E-state index contributed by atoms with van der Waals surface area (Å²) in [6.45, 7) is 3.60. The van der Waals surface area contributed by atoms with Gasteiger partial charge in [0.05, 0.1) is 16.5 Å². The molecule has 1 aliphatic carbocycles. The number of aromatic nitrogens is 1. The minimum atomic E-state index is -0.894. The van der Waals surface area contributed by atoms with E-state index in [9.17, 15) is 29.4 Å². The van der Waals surface area contributed by atoms with Crippen LogP contribution in [0.3, 0.4) is 0 Å². The maximum absolute atomic E-state index is 13.0. The Morgan fingerprint density at radius 1 is 0.948 bits per heavy atom. The van der Waals surface area contributed by atoms with Gasteiger partial charge in [0.2, 0.25) is 11.8 Å². The Morgan fingerprint density at radius 2 is 1.71 bits per heavy atom. The number of nitrogens with one attached hydrogen (secondary N) is 4. The minimum Gasteiger partial charge on any atom is -0.506 e.